The quantitative estimate of drug-likeness (QED) is 0.883. The van der Waals surface area contributed by atoms with Crippen LogP contribution in [0.25, 0.3) is 0 Å². The monoisotopic (exact) mass is 297 g/mol. The third-order valence-corrected chi connectivity index (χ3v) is 4.19. The lowest BCUT2D eigenvalue weighted by Gasteiger charge is -2.08. The fourth-order valence-corrected chi connectivity index (χ4v) is 2.91. The van der Waals surface area contributed by atoms with Crippen molar-refractivity contribution >= 4 is 16.5 Å². The molecule has 2 rings (SSSR count). The molecular weight excluding hydrogens is 284 g/mol. The van der Waals surface area contributed by atoms with E-state index in [1.165, 1.54) is 13.2 Å². The highest BCUT2D eigenvalue weighted by atomic mass is 32.2. The van der Waals surface area contributed by atoms with Crippen LogP contribution in [0.15, 0.2) is 41.3 Å². The molecular formula is C14H13F2NO2S. The number of halogens is 2. The molecule has 0 bridgehead atoms. The van der Waals surface area contributed by atoms with Crippen LogP contribution in [0, 0.1) is 11.6 Å². The van der Waals surface area contributed by atoms with Crippen molar-refractivity contribution in [3.8, 4) is 5.75 Å². The van der Waals surface area contributed by atoms with E-state index in [2.05, 4.69) is 0 Å². The van der Waals surface area contributed by atoms with Gasteiger partial charge in [-0.25, -0.2) is 8.78 Å². The summed E-state index contributed by atoms with van der Waals surface area (Å²) in [6.07, 6.45) is 0. The Hall–Kier alpha value is -1.95. The highest BCUT2D eigenvalue weighted by Crippen LogP contribution is 2.24. The summed E-state index contributed by atoms with van der Waals surface area (Å²) in [7, 11) is 0.0268. The Labute approximate surface area is 117 Å². The number of anilines is 1. The summed E-state index contributed by atoms with van der Waals surface area (Å²) in [5.41, 5.74) is 6.57. The fourth-order valence-electron chi connectivity index (χ4n) is 1.70. The topological polar surface area (TPSA) is 52.3 Å². The van der Waals surface area contributed by atoms with Crippen molar-refractivity contribution < 1.29 is 17.7 Å². The average Bonchev–Trinajstić information content (AvgIpc) is 2.43. The van der Waals surface area contributed by atoms with Crippen LogP contribution in [0.2, 0.25) is 0 Å². The Bertz CT molecular complexity index is 662. The first-order chi connectivity index (χ1) is 9.51. The Morgan fingerprint density at radius 3 is 2.55 bits per heavy atom. The molecule has 106 valence electrons. The van der Waals surface area contributed by atoms with Gasteiger partial charge in [-0.2, -0.15) is 0 Å². The maximum absolute atomic E-state index is 13.1. The molecule has 0 radical (unpaired) electrons. The van der Waals surface area contributed by atoms with Crippen molar-refractivity contribution in [1.82, 2.24) is 0 Å². The van der Waals surface area contributed by atoms with Crippen molar-refractivity contribution in [3.05, 3.63) is 53.6 Å². The number of nitrogen functional groups attached to an aromatic ring is 1. The van der Waals surface area contributed by atoms with Crippen molar-refractivity contribution in [2.24, 2.45) is 0 Å². The zero-order valence-corrected chi connectivity index (χ0v) is 11.5. The lowest BCUT2D eigenvalue weighted by atomic mass is 10.2. The van der Waals surface area contributed by atoms with Gasteiger partial charge in [0.15, 0.2) is 11.6 Å². The van der Waals surface area contributed by atoms with Gasteiger partial charge in [0.25, 0.3) is 0 Å². The minimum atomic E-state index is -1.47. The summed E-state index contributed by atoms with van der Waals surface area (Å²) < 4.78 is 43.3. The molecule has 20 heavy (non-hydrogen) atoms. The van der Waals surface area contributed by atoms with Gasteiger partial charge in [-0.1, -0.05) is 6.07 Å². The third kappa shape index (κ3) is 3.14. The van der Waals surface area contributed by atoms with Gasteiger partial charge in [-0.15, -0.1) is 0 Å². The smallest absolute Gasteiger partial charge is 0.159 e. The highest BCUT2D eigenvalue weighted by Gasteiger charge is 2.12. The Morgan fingerprint density at radius 1 is 1.15 bits per heavy atom. The van der Waals surface area contributed by atoms with Crippen LogP contribution < -0.4 is 10.5 Å². The molecule has 0 saturated carbocycles. The first-order valence-corrected chi connectivity index (χ1v) is 7.09. The second-order valence-corrected chi connectivity index (χ2v) is 5.56. The number of hydrogen-bond acceptors (Lipinski definition) is 3. The minimum absolute atomic E-state index is 0.0502. The predicted octanol–water partition coefficient (Wildman–Crippen LogP) is 2.86. The summed E-state index contributed by atoms with van der Waals surface area (Å²) in [5, 5.41) is 0. The average molecular weight is 297 g/mol. The second-order valence-electron chi connectivity index (χ2n) is 4.14. The summed E-state index contributed by atoms with van der Waals surface area (Å²) in [6, 6.07) is 8.27. The molecule has 0 aliphatic carbocycles. The van der Waals surface area contributed by atoms with Crippen LogP contribution in [0.1, 0.15) is 5.56 Å². The van der Waals surface area contributed by atoms with Crippen molar-refractivity contribution in [2.45, 2.75) is 10.6 Å². The number of hydrogen-bond donors (Lipinski definition) is 1. The molecule has 0 amide bonds. The van der Waals surface area contributed by atoms with Gasteiger partial charge in [0.2, 0.25) is 0 Å². The summed E-state index contributed by atoms with van der Waals surface area (Å²) in [5.74, 6) is -1.31. The minimum Gasteiger partial charge on any atom is -0.497 e. The zero-order valence-electron chi connectivity index (χ0n) is 10.7. The lowest BCUT2D eigenvalue weighted by Crippen LogP contribution is -2.02. The number of benzene rings is 2. The van der Waals surface area contributed by atoms with Crippen LogP contribution in [0.3, 0.4) is 0 Å². The van der Waals surface area contributed by atoms with Gasteiger partial charge in [0.05, 0.1) is 28.6 Å². The summed E-state index contributed by atoms with van der Waals surface area (Å²) in [4.78, 5) is 0.411. The molecule has 0 saturated heterocycles. The molecule has 6 heteroatoms. The predicted molar refractivity (Wildman–Crippen MR) is 73.9 cm³/mol. The molecule has 3 nitrogen and oxygen atoms in total. The van der Waals surface area contributed by atoms with E-state index in [0.29, 0.717) is 21.9 Å². The van der Waals surface area contributed by atoms with E-state index in [9.17, 15) is 13.0 Å². The summed E-state index contributed by atoms with van der Waals surface area (Å²) in [6.45, 7) is 0. The first kappa shape index (κ1) is 14.5. The van der Waals surface area contributed by atoms with Gasteiger partial charge in [0.1, 0.15) is 5.75 Å². The molecule has 0 aromatic heterocycles. The van der Waals surface area contributed by atoms with Crippen LogP contribution >= 0.6 is 0 Å². The Balaban J connectivity index is 2.25. The van der Waals surface area contributed by atoms with E-state index < -0.39 is 22.4 Å². The zero-order chi connectivity index (χ0) is 14.7. The number of methoxy groups -OCH3 is 1. The van der Waals surface area contributed by atoms with Gasteiger partial charge >= 0.3 is 0 Å². The maximum Gasteiger partial charge on any atom is 0.159 e. The molecule has 2 aromatic rings. The largest absolute Gasteiger partial charge is 0.497 e. The molecule has 1 atom stereocenters. The van der Waals surface area contributed by atoms with E-state index in [1.807, 2.05) is 0 Å². The molecule has 2 aromatic carbocycles. The van der Waals surface area contributed by atoms with E-state index in [0.717, 1.165) is 12.1 Å². The number of rotatable bonds is 4. The van der Waals surface area contributed by atoms with Gasteiger partial charge in [0, 0.05) is 5.69 Å². The van der Waals surface area contributed by atoms with E-state index in [4.69, 9.17) is 10.5 Å². The molecule has 0 aliphatic heterocycles. The molecule has 0 fully saturated rings. The molecule has 0 heterocycles. The lowest BCUT2D eigenvalue weighted by molar-refractivity contribution is 0.413. The normalized spacial score (nSPS) is 12.2. The van der Waals surface area contributed by atoms with Gasteiger partial charge in [-0.05, 0) is 35.9 Å². The molecule has 0 aliphatic rings. The summed E-state index contributed by atoms with van der Waals surface area (Å²) >= 11 is 0. The molecule has 0 spiro atoms. The number of nitrogens with two attached hydrogens (primary N) is 1. The van der Waals surface area contributed by atoms with Crippen LogP contribution in [0.5, 0.6) is 5.75 Å². The molecule has 1 unspecified atom stereocenters. The standard InChI is InChI=1S/C14H13F2NO2S/c1-19-10-3-5-13(17)14(7-10)20(18)8-9-2-4-11(15)12(16)6-9/h2-7H,8,17H2,1H3. The van der Waals surface area contributed by atoms with Crippen molar-refractivity contribution in [2.75, 3.05) is 12.8 Å². The van der Waals surface area contributed by atoms with Gasteiger partial charge in [-0.3, -0.25) is 4.21 Å². The molecule has 2 N–H and O–H groups in total. The number of ether oxygens (including phenoxy) is 1. The Morgan fingerprint density at radius 2 is 1.90 bits per heavy atom. The van der Waals surface area contributed by atoms with Crippen molar-refractivity contribution in [1.29, 1.82) is 0 Å². The second kappa shape index (κ2) is 6.00. The maximum atomic E-state index is 13.1. The SMILES string of the molecule is COc1ccc(N)c(S(=O)Cc2ccc(F)c(F)c2)c1. The van der Waals surface area contributed by atoms with Crippen LogP contribution in [-0.2, 0) is 16.6 Å². The fraction of sp³-hybridized carbons (Fsp3) is 0.143. The Kier molecular flexibility index (Phi) is 4.34. The van der Waals surface area contributed by atoms with Crippen LogP contribution in [-0.4, -0.2) is 11.3 Å². The van der Waals surface area contributed by atoms with E-state index >= 15 is 0 Å². The highest BCUT2D eigenvalue weighted by molar-refractivity contribution is 7.84. The van der Waals surface area contributed by atoms with E-state index in [-0.39, 0.29) is 5.75 Å². The first-order valence-electron chi connectivity index (χ1n) is 5.77. The van der Waals surface area contributed by atoms with Crippen molar-refractivity contribution in [3.63, 3.8) is 0 Å². The van der Waals surface area contributed by atoms with Crippen LogP contribution in [0.4, 0.5) is 14.5 Å². The third-order valence-electron chi connectivity index (χ3n) is 2.75. The van der Waals surface area contributed by atoms with Gasteiger partial charge < -0.3 is 10.5 Å². The van der Waals surface area contributed by atoms with E-state index in [1.54, 1.807) is 18.2 Å².